The summed E-state index contributed by atoms with van der Waals surface area (Å²) in [7, 11) is 0. The average molecular weight is 163 g/mol. The molecule has 1 aromatic carbocycles. The largest absolute Gasteiger partial charge is 0.372 e. The molecule has 1 saturated carbocycles. The van der Waals surface area contributed by atoms with Crippen molar-refractivity contribution in [1.29, 1.82) is 0 Å². The molecule has 1 aliphatic rings. The van der Waals surface area contributed by atoms with E-state index in [1.54, 1.807) is 0 Å². The molecule has 64 valence electrons. The van der Waals surface area contributed by atoms with E-state index in [2.05, 4.69) is 12.1 Å². The second kappa shape index (κ2) is 3.25. The first-order valence-corrected chi connectivity index (χ1v) is 4.27. The fourth-order valence-corrected chi connectivity index (χ4v) is 1.16. The molecule has 2 rings (SSSR count). The van der Waals surface area contributed by atoms with E-state index in [9.17, 15) is 0 Å². The van der Waals surface area contributed by atoms with Gasteiger partial charge in [0.05, 0.1) is 12.7 Å². The van der Waals surface area contributed by atoms with E-state index in [1.165, 1.54) is 5.56 Å². The SMILES string of the molecule is N[C@H]1C[C@@H]1OCc1ccccc1. The molecule has 0 bridgehead atoms. The molecule has 2 N–H and O–H groups in total. The molecule has 0 saturated heterocycles. The van der Waals surface area contributed by atoms with Gasteiger partial charge in [0.2, 0.25) is 0 Å². The van der Waals surface area contributed by atoms with Crippen LogP contribution in [0.15, 0.2) is 30.3 Å². The van der Waals surface area contributed by atoms with Crippen molar-refractivity contribution in [3.05, 3.63) is 35.9 Å². The predicted molar refractivity (Wildman–Crippen MR) is 47.6 cm³/mol. The smallest absolute Gasteiger partial charge is 0.0747 e. The summed E-state index contributed by atoms with van der Waals surface area (Å²) in [6, 6.07) is 10.5. The maximum atomic E-state index is 5.61. The van der Waals surface area contributed by atoms with Gasteiger partial charge in [-0.1, -0.05) is 30.3 Å². The minimum atomic E-state index is 0.286. The van der Waals surface area contributed by atoms with Crippen LogP contribution in [-0.2, 0) is 11.3 Å². The molecule has 0 radical (unpaired) electrons. The third-order valence-electron chi connectivity index (χ3n) is 2.09. The Balaban J connectivity index is 1.80. The van der Waals surface area contributed by atoms with Crippen molar-refractivity contribution in [2.75, 3.05) is 0 Å². The zero-order valence-corrected chi connectivity index (χ0v) is 6.94. The van der Waals surface area contributed by atoms with Crippen LogP contribution in [0.25, 0.3) is 0 Å². The molecule has 1 fully saturated rings. The Morgan fingerprint density at radius 2 is 2.00 bits per heavy atom. The minimum absolute atomic E-state index is 0.286. The highest BCUT2D eigenvalue weighted by molar-refractivity contribution is 5.13. The highest BCUT2D eigenvalue weighted by atomic mass is 16.5. The number of ether oxygens (including phenoxy) is 1. The second-order valence-electron chi connectivity index (χ2n) is 3.23. The van der Waals surface area contributed by atoms with Crippen LogP contribution in [0.5, 0.6) is 0 Å². The van der Waals surface area contributed by atoms with Crippen molar-refractivity contribution in [2.45, 2.75) is 25.2 Å². The Kier molecular flexibility index (Phi) is 2.11. The lowest BCUT2D eigenvalue weighted by Crippen LogP contribution is -2.08. The molecule has 0 spiro atoms. The van der Waals surface area contributed by atoms with Crippen LogP contribution in [0, 0.1) is 0 Å². The van der Waals surface area contributed by atoms with Crippen molar-refractivity contribution < 1.29 is 4.74 Å². The molecular formula is C10H13NO. The first kappa shape index (κ1) is 7.77. The van der Waals surface area contributed by atoms with Gasteiger partial charge in [-0.25, -0.2) is 0 Å². The van der Waals surface area contributed by atoms with E-state index in [4.69, 9.17) is 10.5 Å². The van der Waals surface area contributed by atoms with E-state index in [1.807, 2.05) is 18.2 Å². The third kappa shape index (κ3) is 1.84. The summed E-state index contributed by atoms with van der Waals surface area (Å²) in [5.41, 5.74) is 6.82. The van der Waals surface area contributed by atoms with Crippen molar-refractivity contribution in [3.63, 3.8) is 0 Å². The van der Waals surface area contributed by atoms with Crippen LogP contribution in [-0.4, -0.2) is 12.1 Å². The van der Waals surface area contributed by atoms with E-state index in [0.717, 1.165) is 6.42 Å². The van der Waals surface area contributed by atoms with Crippen LogP contribution in [0.3, 0.4) is 0 Å². The van der Waals surface area contributed by atoms with Crippen LogP contribution < -0.4 is 5.73 Å². The fraction of sp³-hybridized carbons (Fsp3) is 0.400. The van der Waals surface area contributed by atoms with Crippen molar-refractivity contribution in [3.8, 4) is 0 Å². The van der Waals surface area contributed by atoms with E-state index >= 15 is 0 Å². The monoisotopic (exact) mass is 163 g/mol. The maximum absolute atomic E-state index is 5.61. The van der Waals surface area contributed by atoms with Gasteiger partial charge in [0.15, 0.2) is 0 Å². The number of hydrogen-bond donors (Lipinski definition) is 1. The maximum Gasteiger partial charge on any atom is 0.0747 e. The van der Waals surface area contributed by atoms with Crippen molar-refractivity contribution in [2.24, 2.45) is 5.73 Å². The Hall–Kier alpha value is -0.860. The highest BCUT2D eigenvalue weighted by Gasteiger charge is 2.34. The highest BCUT2D eigenvalue weighted by Crippen LogP contribution is 2.23. The zero-order chi connectivity index (χ0) is 8.39. The van der Waals surface area contributed by atoms with Gasteiger partial charge in [-0.3, -0.25) is 0 Å². The van der Waals surface area contributed by atoms with Crippen molar-refractivity contribution >= 4 is 0 Å². The molecule has 2 atom stereocenters. The lowest BCUT2D eigenvalue weighted by Gasteiger charge is -2.01. The number of benzene rings is 1. The van der Waals surface area contributed by atoms with E-state index in [0.29, 0.717) is 12.7 Å². The normalized spacial score (nSPS) is 27.1. The zero-order valence-electron chi connectivity index (χ0n) is 6.94. The topological polar surface area (TPSA) is 35.2 Å². The number of nitrogens with two attached hydrogens (primary N) is 1. The average Bonchev–Trinajstić information content (AvgIpc) is 2.81. The Morgan fingerprint density at radius 3 is 2.58 bits per heavy atom. The Morgan fingerprint density at radius 1 is 1.33 bits per heavy atom. The van der Waals surface area contributed by atoms with Crippen LogP contribution >= 0.6 is 0 Å². The van der Waals surface area contributed by atoms with Crippen LogP contribution in [0.1, 0.15) is 12.0 Å². The summed E-state index contributed by atoms with van der Waals surface area (Å²) in [6.45, 7) is 0.694. The molecule has 0 unspecified atom stereocenters. The van der Waals surface area contributed by atoms with Gasteiger partial charge in [-0.15, -0.1) is 0 Å². The van der Waals surface area contributed by atoms with Gasteiger partial charge < -0.3 is 10.5 Å². The van der Waals surface area contributed by atoms with Crippen LogP contribution in [0.4, 0.5) is 0 Å². The van der Waals surface area contributed by atoms with Crippen molar-refractivity contribution in [1.82, 2.24) is 0 Å². The summed E-state index contributed by atoms with van der Waals surface area (Å²) in [5.74, 6) is 0. The van der Waals surface area contributed by atoms with Gasteiger partial charge in [0.1, 0.15) is 0 Å². The molecule has 0 aliphatic heterocycles. The quantitative estimate of drug-likeness (QED) is 0.729. The molecule has 2 nitrogen and oxygen atoms in total. The summed E-state index contributed by atoms with van der Waals surface area (Å²) in [6.07, 6.45) is 1.33. The lowest BCUT2D eigenvalue weighted by molar-refractivity contribution is 0.102. The van der Waals surface area contributed by atoms with Gasteiger partial charge in [-0.05, 0) is 12.0 Å². The van der Waals surface area contributed by atoms with Gasteiger partial charge in [-0.2, -0.15) is 0 Å². The van der Waals surface area contributed by atoms with Crippen LogP contribution in [0.2, 0.25) is 0 Å². The van der Waals surface area contributed by atoms with Gasteiger partial charge in [0.25, 0.3) is 0 Å². The van der Waals surface area contributed by atoms with Gasteiger partial charge >= 0.3 is 0 Å². The molecule has 0 heterocycles. The molecule has 0 amide bonds. The Bertz CT molecular complexity index is 247. The summed E-state index contributed by atoms with van der Waals surface area (Å²) >= 11 is 0. The molecule has 1 aliphatic carbocycles. The molecule has 12 heavy (non-hydrogen) atoms. The lowest BCUT2D eigenvalue weighted by atomic mass is 10.2. The van der Waals surface area contributed by atoms with Gasteiger partial charge in [0, 0.05) is 6.04 Å². The first-order chi connectivity index (χ1) is 5.86. The standard InChI is InChI=1S/C10H13NO/c11-9-6-10(9)12-7-8-4-2-1-3-5-8/h1-5,9-10H,6-7,11H2/t9-,10-/m0/s1. The first-order valence-electron chi connectivity index (χ1n) is 4.27. The fourth-order valence-electron chi connectivity index (χ4n) is 1.16. The molecule has 2 heteroatoms. The summed E-state index contributed by atoms with van der Waals surface area (Å²) < 4.78 is 5.53. The predicted octanol–water partition coefficient (Wildman–Crippen LogP) is 1.30. The molecular weight excluding hydrogens is 150 g/mol. The van der Waals surface area contributed by atoms with E-state index < -0.39 is 0 Å². The summed E-state index contributed by atoms with van der Waals surface area (Å²) in [5, 5.41) is 0. The minimum Gasteiger partial charge on any atom is -0.372 e. The van der Waals surface area contributed by atoms with E-state index in [-0.39, 0.29) is 6.04 Å². The molecule has 1 aromatic rings. The molecule has 0 aromatic heterocycles. The third-order valence-corrected chi connectivity index (χ3v) is 2.09. The second-order valence-corrected chi connectivity index (χ2v) is 3.23. The Labute approximate surface area is 72.3 Å². The number of hydrogen-bond acceptors (Lipinski definition) is 2. The number of rotatable bonds is 3. The summed E-state index contributed by atoms with van der Waals surface area (Å²) in [4.78, 5) is 0.